The maximum atomic E-state index is 5.72. The smallest absolute Gasteiger partial charge is 0.0929 e. The molecule has 1 rings (SSSR count). The van der Waals surface area contributed by atoms with E-state index in [-0.39, 0.29) is 0 Å². The van der Waals surface area contributed by atoms with E-state index in [9.17, 15) is 0 Å². The van der Waals surface area contributed by atoms with Gasteiger partial charge >= 0.3 is 0 Å². The van der Waals surface area contributed by atoms with E-state index in [1.165, 1.54) is 5.01 Å². The summed E-state index contributed by atoms with van der Waals surface area (Å²) < 4.78 is 5.03. The largest absolute Gasteiger partial charge is 0.385 e. The molecule has 0 aliphatic rings. The van der Waals surface area contributed by atoms with Gasteiger partial charge in [-0.3, -0.25) is 0 Å². The Morgan fingerprint density at radius 1 is 1.41 bits per heavy atom. The Kier molecular flexibility index (Phi) is 7.77. The van der Waals surface area contributed by atoms with Gasteiger partial charge < -0.3 is 9.64 Å². The topological polar surface area (TPSA) is 25.4 Å². The van der Waals surface area contributed by atoms with Crippen LogP contribution in [-0.2, 0) is 17.0 Å². The lowest BCUT2D eigenvalue weighted by atomic mass is 10.3. The fraction of sp³-hybridized carbons (Fsp3) is 0.750. The van der Waals surface area contributed by atoms with Crippen LogP contribution in [0, 0.1) is 0 Å². The van der Waals surface area contributed by atoms with E-state index < -0.39 is 0 Å². The van der Waals surface area contributed by atoms with Gasteiger partial charge in [-0.05, 0) is 26.4 Å². The highest BCUT2D eigenvalue weighted by Gasteiger charge is 2.02. The van der Waals surface area contributed by atoms with E-state index in [1.807, 2.05) is 5.38 Å². The van der Waals surface area contributed by atoms with Gasteiger partial charge in [0.2, 0.25) is 0 Å². The summed E-state index contributed by atoms with van der Waals surface area (Å²) in [7, 11) is 3.90. The summed E-state index contributed by atoms with van der Waals surface area (Å²) in [6.07, 6.45) is 3.30. The molecule has 1 aromatic heterocycles. The molecule has 0 amide bonds. The van der Waals surface area contributed by atoms with Gasteiger partial charge in [0.1, 0.15) is 0 Å². The van der Waals surface area contributed by atoms with Gasteiger partial charge in [0.25, 0.3) is 0 Å². The minimum Gasteiger partial charge on any atom is -0.385 e. The van der Waals surface area contributed by atoms with Gasteiger partial charge in [-0.25, -0.2) is 4.98 Å². The van der Waals surface area contributed by atoms with E-state index in [4.69, 9.17) is 16.3 Å². The number of ether oxygens (including phenoxy) is 1. The third-order valence-corrected chi connectivity index (χ3v) is 3.79. The Bertz CT molecular complexity index is 306. The molecule has 0 saturated carbocycles. The SMILES string of the molecule is COCCCN(C)CCCc1nc(CCl)cs1. The third-order valence-electron chi connectivity index (χ3n) is 2.55. The standard InChI is InChI=1S/C12H21ClN2OS/c1-15(7-4-8-16-2)6-3-5-12-14-11(9-13)10-17-12/h10H,3-9H2,1-2H3. The van der Waals surface area contributed by atoms with Crippen LogP contribution in [0.15, 0.2) is 5.38 Å². The molecule has 0 atom stereocenters. The number of alkyl halides is 1. The molecule has 0 saturated heterocycles. The predicted molar refractivity (Wildman–Crippen MR) is 74.0 cm³/mol. The second-order valence-corrected chi connectivity index (χ2v) is 5.33. The van der Waals surface area contributed by atoms with E-state index in [0.29, 0.717) is 5.88 Å². The Morgan fingerprint density at radius 3 is 2.82 bits per heavy atom. The van der Waals surface area contributed by atoms with Crippen LogP contribution >= 0.6 is 22.9 Å². The zero-order chi connectivity index (χ0) is 12.5. The Balaban J connectivity index is 2.10. The fourth-order valence-corrected chi connectivity index (χ4v) is 2.68. The molecule has 5 heteroatoms. The van der Waals surface area contributed by atoms with Crippen molar-refractivity contribution in [3.8, 4) is 0 Å². The number of halogens is 1. The number of hydrogen-bond acceptors (Lipinski definition) is 4. The average molecular weight is 277 g/mol. The van der Waals surface area contributed by atoms with Crippen LogP contribution in [0.2, 0.25) is 0 Å². The molecule has 0 fully saturated rings. The molecule has 98 valence electrons. The van der Waals surface area contributed by atoms with Crippen LogP contribution in [0.1, 0.15) is 23.5 Å². The molecule has 0 unspecified atom stereocenters. The summed E-state index contributed by atoms with van der Waals surface area (Å²) in [6.45, 7) is 3.05. The molecule has 0 spiro atoms. The van der Waals surface area contributed by atoms with Gasteiger partial charge in [-0.2, -0.15) is 0 Å². The lowest BCUT2D eigenvalue weighted by Crippen LogP contribution is -2.22. The number of nitrogens with zero attached hydrogens (tertiary/aromatic N) is 2. The highest BCUT2D eigenvalue weighted by molar-refractivity contribution is 7.09. The summed E-state index contributed by atoms with van der Waals surface area (Å²) in [6, 6.07) is 0. The van der Waals surface area contributed by atoms with Crippen molar-refractivity contribution >= 4 is 22.9 Å². The van der Waals surface area contributed by atoms with E-state index in [0.717, 1.165) is 44.7 Å². The molecular weight excluding hydrogens is 256 g/mol. The zero-order valence-electron chi connectivity index (χ0n) is 10.6. The Hall–Kier alpha value is -0.160. The maximum Gasteiger partial charge on any atom is 0.0929 e. The fourth-order valence-electron chi connectivity index (χ4n) is 1.62. The van der Waals surface area contributed by atoms with Crippen LogP contribution in [0.25, 0.3) is 0 Å². The van der Waals surface area contributed by atoms with Crippen molar-refractivity contribution < 1.29 is 4.74 Å². The van der Waals surface area contributed by atoms with Crippen LogP contribution in [-0.4, -0.2) is 43.7 Å². The first-order valence-corrected chi connectivity index (χ1v) is 7.34. The van der Waals surface area contributed by atoms with Crippen molar-refractivity contribution in [2.45, 2.75) is 25.1 Å². The first kappa shape index (κ1) is 14.9. The molecule has 17 heavy (non-hydrogen) atoms. The van der Waals surface area contributed by atoms with E-state index in [2.05, 4.69) is 16.9 Å². The van der Waals surface area contributed by atoms with Crippen molar-refractivity contribution in [1.29, 1.82) is 0 Å². The second kappa shape index (κ2) is 8.86. The number of rotatable bonds is 9. The number of aromatic nitrogens is 1. The summed E-state index contributed by atoms with van der Waals surface area (Å²) in [5, 5.41) is 3.25. The number of thiazole rings is 1. The molecule has 3 nitrogen and oxygen atoms in total. The van der Waals surface area contributed by atoms with Crippen molar-refractivity contribution in [3.63, 3.8) is 0 Å². The van der Waals surface area contributed by atoms with Crippen LogP contribution in [0.5, 0.6) is 0 Å². The van der Waals surface area contributed by atoms with Gasteiger partial charge in [0, 0.05) is 32.1 Å². The monoisotopic (exact) mass is 276 g/mol. The van der Waals surface area contributed by atoms with Crippen molar-refractivity contribution in [1.82, 2.24) is 9.88 Å². The normalized spacial score (nSPS) is 11.3. The van der Waals surface area contributed by atoms with Gasteiger partial charge in [0.05, 0.1) is 16.6 Å². The minimum atomic E-state index is 0.521. The molecule has 1 heterocycles. The first-order chi connectivity index (χ1) is 8.26. The van der Waals surface area contributed by atoms with Crippen LogP contribution < -0.4 is 0 Å². The molecule has 0 aliphatic heterocycles. The second-order valence-electron chi connectivity index (χ2n) is 4.12. The first-order valence-electron chi connectivity index (χ1n) is 5.93. The van der Waals surface area contributed by atoms with Gasteiger partial charge in [-0.1, -0.05) is 0 Å². The van der Waals surface area contributed by atoms with Crippen molar-refractivity contribution in [3.05, 3.63) is 16.1 Å². The summed E-state index contributed by atoms with van der Waals surface area (Å²) >= 11 is 7.43. The Morgan fingerprint density at radius 2 is 2.18 bits per heavy atom. The van der Waals surface area contributed by atoms with Crippen LogP contribution in [0.4, 0.5) is 0 Å². The highest BCUT2D eigenvalue weighted by Crippen LogP contribution is 2.13. The van der Waals surface area contributed by atoms with Crippen LogP contribution in [0.3, 0.4) is 0 Å². The van der Waals surface area contributed by atoms with E-state index in [1.54, 1.807) is 18.4 Å². The molecule has 1 aromatic rings. The van der Waals surface area contributed by atoms with Gasteiger partial charge in [0.15, 0.2) is 0 Å². The summed E-state index contributed by atoms with van der Waals surface area (Å²) in [5.74, 6) is 0.521. The lowest BCUT2D eigenvalue weighted by molar-refractivity contribution is 0.179. The molecule has 0 aromatic carbocycles. The average Bonchev–Trinajstić information content (AvgIpc) is 2.77. The molecule has 0 aliphatic carbocycles. The predicted octanol–water partition coefficient (Wildman–Crippen LogP) is 2.78. The van der Waals surface area contributed by atoms with Gasteiger partial charge in [-0.15, -0.1) is 22.9 Å². The Labute approximate surface area is 113 Å². The molecule has 0 N–H and O–H groups in total. The third kappa shape index (κ3) is 6.36. The van der Waals surface area contributed by atoms with Crippen molar-refractivity contribution in [2.75, 3.05) is 33.9 Å². The number of hydrogen-bond donors (Lipinski definition) is 0. The maximum absolute atomic E-state index is 5.72. The summed E-state index contributed by atoms with van der Waals surface area (Å²) in [5.41, 5.74) is 1.00. The van der Waals surface area contributed by atoms with Crippen molar-refractivity contribution in [2.24, 2.45) is 0 Å². The molecule has 0 radical (unpaired) electrons. The number of aryl methyl sites for hydroxylation is 1. The summed E-state index contributed by atoms with van der Waals surface area (Å²) in [4.78, 5) is 6.79. The molecular formula is C12H21ClN2OS. The lowest BCUT2D eigenvalue weighted by Gasteiger charge is -2.15. The quantitative estimate of drug-likeness (QED) is 0.512. The highest BCUT2D eigenvalue weighted by atomic mass is 35.5. The zero-order valence-corrected chi connectivity index (χ0v) is 12.2. The van der Waals surface area contributed by atoms with E-state index >= 15 is 0 Å². The number of methoxy groups -OCH3 is 1. The minimum absolute atomic E-state index is 0.521. The molecule has 0 bridgehead atoms.